The van der Waals surface area contributed by atoms with E-state index in [9.17, 15) is 18.0 Å². The Kier molecular flexibility index (Phi) is 7.26. The first kappa shape index (κ1) is 18.1. The van der Waals surface area contributed by atoms with Gasteiger partial charge >= 0.3 is 0 Å². The Morgan fingerprint density at radius 2 is 1.63 bits per heavy atom. The summed E-state index contributed by atoms with van der Waals surface area (Å²) in [6.07, 6.45) is 0.538. The highest BCUT2D eigenvalue weighted by Gasteiger charge is 2.23. The van der Waals surface area contributed by atoms with Crippen molar-refractivity contribution in [3.8, 4) is 0 Å². The summed E-state index contributed by atoms with van der Waals surface area (Å²) >= 11 is 0. The maximum absolute atomic E-state index is 11.7. The van der Waals surface area contributed by atoms with Crippen molar-refractivity contribution >= 4 is 21.5 Å². The Labute approximate surface area is 116 Å². The van der Waals surface area contributed by atoms with Crippen molar-refractivity contribution in [2.24, 2.45) is 11.8 Å². The topological polar surface area (TPSA) is 80.3 Å². The molecule has 0 rings (SSSR count). The van der Waals surface area contributed by atoms with Crippen LogP contribution in [-0.4, -0.2) is 37.7 Å². The summed E-state index contributed by atoms with van der Waals surface area (Å²) in [5.74, 6) is -1.08. The van der Waals surface area contributed by atoms with E-state index in [1.54, 1.807) is 13.8 Å². The minimum Gasteiger partial charge on any atom is -0.345 e. The number of rotatable bonds is 8. The third kappa shape index (κ3) is 7.97. The number of nitrogens with one attached hydrogen (secondary N) is 1. The Morgan fingerprint density at radius 1 is 1.11 bits per heavy atom. The van der Waals surface area contributed by atoms with Crippen LogP contribution in [0.5, 0.6) is 0 Å². The Balaban J connectivity index is 4.48. The van der Waals surface area contributed by atoms with Crippen molar-refractivity contribution in [3.05, 3.63) is 0 Å². The summed E-state index contributed by atoms with van der Waals surface area (Å²) in [7, 11) is -3.40. The van der Waals surface area contributed by atoms with Crippen molar-refractivity contribution in [2.45, 2.75) is 47.1 Å². The van der Waals surface area contributed by atoms with Gasteiger partial charge in [-0.15, -0.1) is 0 Å². The fourth-order valence-corrected chi connectivity index (χ4v) is 3.10. The zero-order valence-corrected chi connectivity index (χ0v) is 13.2. The second-order valence-corrected chi connectivity index (χ2v) is 7.86. The van der Waals surface area contributed by atoms with Gasteiger partial charge in [0, 0.05) is 0 Å². The van der Waals surface area contributed by atoms with Crippen molar-refractivity contribution in [1.82, 2.24) is 5.32 Å². The van der Waals surface area contributed by atoms with Gasteiger partial charge in [0.2, 0.25) is 5.91 Å². The lowest BCUT2D eigenvalue weighted by Gasteiger charge is -2.19. The normalized spacial score (nSPS) is 13.6. The predicted molar refractivity (Wildman–Crippen MR) is 75.6 cm³/mol. The summed E-state index contributed by atoms with van der Waals surface area (Å²) in [6.45, 7) is 8.86. The molecule has 19 heavy (non-hydrogen) atoms. The van der Waals surface area contributed by atoms with Gasteiger partial charge in [-0.3, -0.25) is 9.59 Å². The molecule has 1 amide bonds. The molecule has 0 bridgehead atoms. The van der Waals surface area contributed by atoms with E-state index in [0.717, 1.165) is 0 Å². The first-order valence-electron chi connectivity index (χ1n) is 6.55. The van der Waals surface area contributed by atoms with E-state index in [1.165, 1.54) is 6.92 Å². The van der Waals surface area contributed by atoms with E-state index in [4.69, 9.17) is 0 Å². The van der Waals surface area contributed by atoms with Gasteiger partial charge in [-0.2, -0.15) is 0 Å². The molecule has 1 atom stereocenters. The fraction of sp³-hybridized carbons (Fsp3) is 0.846. The van der Waals surface area contributed by atoms with E-state index >= 15 is 0 Å². The largest absolute Gasteiger partial charge is 0.345 e. The number of sulfone groups is 1. The van der Waals surface area contributed by atoms with Crippen LogP contribution in [0.15, 0.2) is 0 Å². The number of hydrogen-bond donors (Lipinski definition) is 1. The molecule has 0 aliphatic carbocycles. The lowest BCUT2D eigenvalue weighted by molar-refractivity contribution is -0.126. The maximum Gasteiger partial charge on any atom is 0.235 e. The van der Waals surface area contributed by atoms with E-state index in [1.807, 2.05) is 13.8 Å². The van der Waals surface area contributed by atoms with Crippen LogP contribution in [0.3, 0.4) is 0 Å². The molecule has 0 aliphatic heterocycles. The van der Waals surface area contributed by atoms with Crippen molar-refractivity contribution in [3.63, 3.8) is 0 Å². The third-order valence-corrected chi connectivity index (χ3v) is 4.34. The summed E-state index contributed by atoms with van der Waals surface area (Å²) in [5, 5.41) is 2.49. The van der Waals surface area contributed by atoms with Crippen LogP contribution in [-0.2, 0) is 19.4 Å². The molecule has 0 aromatic heterocycles. The molecule has 0 aromatic carbocycles. The maximum atomic E-state index is 11.7. The molecule has 0 fully saturated rings. The minimum absolute atomic E-state index is 0.00447. The first-order chi connectivity index (χ1) is 8.55. The summed E-state index contributed by atoms with van der Waals surface area (Å²) in [4.78, 5) is 23.0. The Morgan fingerprint density at radius 3 is 2.00 bits per heavy atom. The predicted octanol–water partition coefficient (Wildman–Crippen LogP) is 1.18. The van der Waals surface area contributed by atoms with Gasteiger partial charge in [0.25, 0.3) is 0 Å². The van der Waals surface area contributed by atoms with Gasteiger partial charge in [0.05, 0.1) is 11.8 Å². The van der Waals surface area contributed by atoms with Crippen molar-refractivity contribution in [2.75, 3.05) is 11.5 Å². The molecule has 1 unspecified atom stereocenters. The molecule has 0 spiro atoms. The number of hydrogen-bond acceptors (Lipinski definition) is 4. The molecule has 0 saturated carbocycles. The van der Waals surface area contributed by atoms with Gasteiger partial charge in [0.15, 0.2) is 15.6 Å². The first-order valence-corrected chi connectivity index (χ1v) is 8.37. The van der Waals surface area contributed by atoms with Gasteiger partial charge in [-0.05, 0) is 25.2 Å². The molecule has 1 N–H and O–H groups in total. The molecule has 0 aromatic rings. The fourth-order valence-electron chi connectivity index (χ4n) is 1.64. The molecule has 0 aliphatic rings. The third-order valence-electron chi connectivity index (χ3n) is 2.78. The van der Waals surface area contributed by atoms with E-state index < -0.39 is 27.5 Å². The smallest absolute Gasteiger partial charge is 0.235 e. The molecular weight excluding hydrogens is 266 g/mol. The molecule has 112 valence electrons. The highest BCUT2D eigenvalue weighted by molar-refractivity contribution is 7.92. The summed E-state index contributed by atoms with van der Waals surface area (Å²) in [6, 6.07) is -0.618. The molecule has 0 heterocycles. The quantitative estimate of drug-likeness (QED) is 0.728. The van der Waals surface area contributed by atoms with E-state index in [0.29, 0.717) is 6.42 Å². The minimum atomic E-state index is -3.40. The number of amides is 1. The number of ketones is 1. The molecule has 6 heteroatoms. The molecular formula is C13H25NO4S. The average molecular weight is 291 g/mol. The lowest BCUT2D eigenvalue weighted by Crippen LogP contribution is -2.45. The zero-order valence-electron chi connectivity index (χ0n) is 12.4. The van der Waals surface area contributed by atoms with Gasteiger partial charge in [0.1, 0.15) is 5.75 Å². The number of carbonyl (C=O) groups excluding carboxylic acids is 2. The highest BCUT2D eigenvalue weighted by atomic mass is 32.2. The van der Waals surface area contributed by atoms with Crippen LogP contribution in [0, 0.1) is 11.8 Å². The van der Waals surface area contributed by atoms with Crippen LogP contribution in [0.2, 0.25) is 0 Å². The van der Waals surface area contributed by atoms with Crippen LogP contribution >= 0.6 is 0 Å². The SMILES string of the molecule is CC(=O)C(NC(=O)CS(=O)(=O)CCC(C)C)C(C)C. The Bertz CT molecular complexity index is 412. The average Bonchev–Trinajstić information content (AvgIpc) is 2.22. The highest BCUT2D eigenvalue weighted by Crippen LogP contribution is 2.05. The van der Waals surface area contributed by atoms with Crippen molar-refractivity contribution in [1.29, 1.82) is 0 Å². The second-order valence-electron chi connectivity index (χ2n) is 5.67. The molecule has 5 nitrogen and oxygen atoms in total. The molecule has 0 saturated heterocycles. The van der Waals surface area contributed by atoms with Gasteiger partial charge in [-0.1, -0.05) is 27.7 Å². The second kappa shape index (κ2) is 7.62. The van der Waals surface area contributed by atoms with Crippen LogP contribution in [0.1, 0.15) is 41.0 Å². The van der Waals surface area contributed by atoms with E-state index in [2.05, 4.69) is 5.32 Å². The van der Waals surface area contributed by atoms with Gasteiger partial charge in [-0.25, -0.2) is 8.42 Å². The van der Waals surface area contributed by atoms with E-state index in [-0.39, 0.29) is 23.4 Å². The zero-order chi connectivity index (χ0) is 15.2. The van der Waals surface area contributed by atoms with Crippen molar-refractivity contribution < 1.29 is 18.0 Å². The van der Waals surface area contributed by atoms with Crippen LogP contribution in [0.4, 0.5) is 0 Å². The Hall–Kier alpha value is -0.910. The number of Topliss-reactive ketones (excluding diaryl/α,β-unsaturated/α-hetero) is 1. The van der Waals surface area contributed by atoms with Crippen LogP contribution in [0.25, 0.3) is 0 Å². The molecule has 0 radical (unpaired) electrons. The van der Waals surface area contributed by atoms with Crippen LogP contribution < -0.4 is 5.32 Å². The monoisotopic (exact) mass is 291 g/mol. The summed E-state index contributed by atoms with van der Waals surface area (Å²) in [5.41, 5.74) is 0. The summed E-state index contributed by atoms with van der Waals surface area (Å²) < 4.78 is 23.4. The van der Waals surface area contributed by atoms with Gasteiger partial charge < -0.3 is 5.32 Å². The number of carbonyl (C=O) groups is 2. The standard InChI is InChI=1S/C13H25NO4S/c1-9(2)6-7-19(17,18)8-12(16)14-13(10(3)4)11(5)15/h9-10,13H,6-8H2,1-5H3,(H,14,16). The lowest BCUT2D eigenvalue weighted by atomic mass is 10.0.